The van der Waals surface area contributed by atoms with Crippen LogP contribution in [0.1, 0.15) is 355 Å². The predicted octanol–water partition coefficient (Wildman–Crippen LogP) is 24.2. The molecular weight excluding hydrogens is 997 g/mol. The monoisotopic (exact) mass is 1130 g/mol. The molecule has 0 saturated carbocycles. The molecule has 0 fully saturated rings. The number of ether oxygens (including phenoxy) is 3. The summed E-state index contributed by atoms with van der Waals surface area (Å²) in [5, 5.41) is 0. The summed E-state index contributed by atoms with van der Waals surface area (Å²) in [6.45, 7) is 6.52. The summed E-state index contributed by atoms with van der Waals surface area (Å²) >= 11 is 0. The Morgan fingerprint density at radius 1 is 0.259 bits per heavy atom. The van der Waals surface area contributed by atoms with Gasteiger partial charge in [-0.05, 0) is 96.3 Å². The molecule has 6 nitrogen and oxygen atoms in total. The lowest BCUT2D eigenvalue weighted by Crippen LogP contribution is -2.30. The lowest BCUT2D eigenvalue weighted by molar-refractivity contribution is -0.167. The maximum absolute atomic E-state index is 12.9. The lowest BCUT2D eigenvalue weighted by atomic mass is 10.0. The molecule has 468 valence electrons. The fourth-order valence-corrected chi connectivity index (χ4v) is 10.2. The zero-order valence-electron chi connectivity index (χ0n) is 53.8. The van der Waals surface area contributed by atoms with Crippen LogP contribution in [-0.4, -0.2) is 37.2 Å². The van der Waals surface area contributed by atoms with Gasteiger partial charge < -0.3 is 14.2 Å². The zero-order chi connectivity index (χ0) is 58.5. The van der Waals surface area contributed by atoms with Gasteiger partial charge in [0.25, 0.3) is 0 Å². The van der Waals surface area contributed by atoms with Crippen molar-refractivity contribution in [2.75, 3.05) is 13.2 Å². The molecule has 0 aliphatic carbocycles. The molecule has 0 aromatic heterocycles. The van der Waals surface area contributed by atoms with Gasteiger partial charge in [-0.15, -0.1) is 0 Å². The molecule has 0 aliphatic rings. The molecule has 0 aromatic carbocycles. The van der Waals surface area contributed by atoms with E-state index in [-0.39, 0.29) is 37.5 Å². The number of allylic oxidation sites excluding steroid dienone is 14. The average molecular weight is 1130 g/mol. The van der Waals surface area contributed by atoms with Crippen LogP contribution in [0.2, 0.25) is 0 Å². The van der Waals surface area contributed by atoms with Gasteiger partial charge in [0, 0.05) is 19.3 Å². The zero-order valence-corrected chi connectivity index (χ0v) is 53.8. The number of rotatable bonds is 64. The number of carbonyl (C=O) groups is 3. The van der Waals surface area contributed by atoms with Gasteiger partial charge in [0.2, 0.25) is 0 Å². The molecule has 1 unspecified atom stereocenters. The molecule has 1 atom stereocenters. The Morgan fingerprint density at radius 2 is 0.481 bits per heavy atom. The summed E-state index contributed by atoms with van der Waals surface area (Å²) in [5.74, 6) is -0.930. The topological polar surface area (TPSA) is 78.9 Å². The normalized spacial score (nSPS) is 12.6. The van der Waals surface area contributed by atoms with Gasteiger partial charge >= 0.3 is 17.9 Å². The van der Waals surface area contributed by atoms with Crippen molar-refractivity contribution >= 4 is 17.9 Å². The quantitative estimate of drug-likeness (QED) is 0.0261. The van der Waals surface area contributed by atoms with E-state index >= 15 is 0 Å². The molecule has 0 aliphatic heterocycles. The molecular formula is C75H132O6. The van der Waals surface area contributed by atoms with Gasteiger partial charge in [-0.25, -0.2) is 0 Å². The number of carbonyl (C=O) groups excluding carboxylic acids is 3. The van der Waals surface area contributed by atoms with E-state index in [0.29, 0.717) is 19.3 Å². The molecule has 0 rings (SSSR count). The van der Waals surface area contributed by atoms with Crippen molar-refractivity contribution in [1.29, 1.82) is 0 Å². The van der Waals surface area contributed by atoms with Crippen molar-refractivity contribution in [2.24, 2.45) is 0 Å². The van der Waals surface area contributed by atoms with Crippen molar-refractivity contribution in [3.05, 3.63) is 85.1 Å². The third-order valence-electron chi connectivity index (χ3n) is 15.4. The summed E-state index contributed by atoms with van der Waals surface area (Å²) in [4.78, 5) is 38.4. The highest BCUT2D eigenvalue weighted by Crippen LogP contribution is 2.18. The summed E-state index contributed by atoms with van der Waals surface area (Å²) in [6, 6.07) is 0. The highest BCUT2D eigenvalue weighted by molar-refractivity contribution is 5.71. The first kappa shape index (κ1) is 77.6. The van der Waals surface area contributed by atoms with Crippen LogP contribution in [-0.2, 0) is 28.6 Å². The van der Waals surface area contributed by atoms with Gasteiger partial charge in [0.1, 0.15) is 13.2 Å². The van der Waals surface area contributed by atoms with E-state index in [1.165, 1.54) is 212 Å². The predicted molar refractivity (Wildman–Crippen MR) is 353 cm³/mol. The van der Waals surface area contributed by atoms with Gasteiger partial charge in [-0.1, -0.05) is 324 Å². The van der Waals surface area contributed by atoms with Crippen molar-refractivity contribution in [3.63, 3.8) is 0 Å². The first-order chi connectivity index (χ1) is 40.0. The van der Waals surface area contributed by atoms with Crippen LogP contribution in [0.5, 0.6) is 0 Å². The van der Waals surface area contributed by atoms with Crippen LogP contribution >= 0.6 is 0 Å². The number of esters is 3. The number of hydrogen-bond donors (Lipinski definition) is 0. The van der Waals surface area contributed by atoms with Gasteiger partial charge in [-0.3, -0.25) is 14.4 Å². The summed E-state index contributed by atoms with van der Waals surface area (Å²) in [5.41, 5.74) is 0. The first-order valence-corrected chi connectivity index (χ1v) is 35.1. The first-order valence-electron chi connectivity index (χ1n) is 35.1. The molecule has 0 radical (unpaired) electrons. The Labute approximate surface area is 503 Å². The second kappa shape index (κ2) is 69.1. The van der Waals surface area contributed by atoms with E-state index in [9.17, 15) is 14.4 Å². The van der Waals surface area contributed by atoms with Crippen LogP contribution in [0.15, 0.2) is 85.1 Å². The van der Waals surface area contributed by atoms with E-state index in [0.717, 1.165) is 96.3 Å². The van der Waals surface area contributed by atoms with E-state index in [1.54, 1.807) is 0 Å². The van der Waals surface area contributed by atoms with Crippen molar-refractivity contribution < 1.29 is 28.6 Å². The highest BCUT2D eigenvalue weighted by atomic mass is 16.6. The summed E-state index contributed by atoms with van der Waals surface area (Å²) < 4.78 is 16.9. The van der Waals surface area contributed by atoms with Crippen molar-refractivity contribution in [2.45, 2.75) is 361 Å². The third-order valence-corrected chi connectivity index (χ3v) is 15.4. The molecule has 6 heteroatoms. The minimum atomic E-state index is -0.804. The molecule has 0 spiro atoms. The standard InChI is InChI=1S/C75H132O6/c1-4-7-10-13-16-19-22-25-28-30-32-34-35-36-37-38-39-40-42-43-45-47-50-53-56-59-62-65-68-74(77)80-71-72(70-79-73(76)67-64-61-58-55-52-49-27-24-21-18-15-12-9-6-3)81-75(78)69-66-63-60-57-54-51-48-46-44-41-33-31-29-26-23-20-17-14-11-8-5-2/h8,11,17,20,24,26-27,29,33,41,46,48,54,57,72H,4-7,9-10,12-16,18-19,21-23,25,28,30-32,34-40,42-45,47,49-53,55-56,58-71H2,1-3H3/b11-8-,20-17-,27-24-,29-26-,41-33-,48-46-,57-54-. The Kier molecular flexibility index (Phi) is 66.2. The third kappa shape index (κ3) is 67.3. The highest BCUT2D eigenvalue weighted by Gasteiger charge is 2.19. The summed E-state index contributed by atoms with van der Waals surface area (Å²) in [6.07, 6.45) is 91.9. The lowest BCUT2D eigenvalue weighted by Gasteiger charge is -2.18. The van der Waals surface area contributed by atoms with E-state index in [2.05, 4.69) is 106 Å². The van der Waals surface area contributed by atoms with Crippen molar-refractivity contribution in [1.82, 2.24) is 0 Å². The molecule has 0 aromatic rings. The van der Waals surface area contributed by atoms with Gasteiger partial charge in [0.15, 0.2) is 6.10 Å². The minimum absolute atomic E-state index is 0.0940. The Bertz CT molecular complexity index is 1530. The Morgan fingerprint density at radius 3 is 0.790 bits per heavy atom. The maximum atomic E-state index is 12.9. The largest absolute Gasteiger partial charge is 0.462 e. The molecule has 0 bridgehead atoms. The van der Waals surface area contributed by atoms with Crippen LogP contribution in [0.3, 0.4) is 0 Å². The maximum Gasteiger partial charge on any atom is 0.306 e. The van der Waals surface area contributed by atoms with Gasteiger partial charge in [-0.2, -0.15) is 0 Å². The van der Waals surface area contributed by atoms with Crippen LogP contribution in [0.25, 0.3) is 0 Å². The van der Waals surface area contributed by atoms with E-state index < -0.39 is 6.10 Å². The van der Waals surface area contributed by atoms with Crippen molar-refractivity contribution in [3.8, 4) is 0 Å². The SMILES string of the molecule is CC/C=C\C/C=C\C/C=C\C/C=C\C/C=C\C/C=C\CCCCC(=O)OC(COC(=O)CCCCCCC/C=C\CCCCCCC)COC(=O)CCCCCCCCCCCCCCCCCCCCCCCCCCCCCC. The second-order valence-corrected chi connectivity index (χ2v) is 23.4. The molecule has 0 N–H and O–H groups in total. The van der Waals surface area contributed by atoms with Crippen LogP contribution in [0, 0.1) is 0 Å². The fraction of sp³-hybridized carbons (Fsp3) is 0.773. The number of unbranched alkanes of at least 4 members (excludes halogenated alkanes) is 39. The Balaban J connectivity index is 4.31. The number of hydrogen-bond acceptors (Lipinski definition) is 6. The van der Waals surface area contributed by atoms with Crippen LogP contribution < -0.4 is 0 Å². The van der Waals surface area contributed by atoms with E-state index in [4.69, 9.17) is 14.2 Å². The molecule has 0 saturated heterocycles. The van der Waals surface area contributed by atoms with E-state index in [1.807, 2.05) is 0 Å². The Hall–Kier alpha value is -3.41. The molecule has 0 heterocycles. The van der Waals surface area contributed by atoms with Gasteiger partial charge in [0.05, 0.1) is 0 Å². The minimum Gasteiger partial charge on any atom is -0.462 e. The second-order valence-electron chi connectivity index (χ2n) is 23.4. The average Bonchev–Trinajstić information content (AvgIpc) is 3.47. The fourth-order valence-electron chi connectivity index (χ4n) is 10.2. The molecule has 0 amide bonds. The smallest absolute Gasteiger partial charge is 0.306 e. The van der Waals surface area contributed by atoms with Crippen LogP contribution in [0.4, 0.5) is 0 Å². The molecule has 81 heavy (non-hydrogen) atoms. The summed E-state index contributed by atoms with van der Waals surface area (Å²) in [7, 11) is 0.